The molecule has 0 atom stereocenters. The molecule has 1 aliphatic rings. The van der Waals surface area contributed by atoms with E-state index in [9.17, 15) is 4.79 Å². The van der Waals surface area contributed by atoms with Crippen LogP contribution in [0.25, 0.3) is 5.82 Å². The highest BCUT2D eigenvalue weighted by molar-refractivity contribution is 5.78. The maximum absolute atomic E-state index is 12.8. The van der Waals surface area contributed by atoms with Gasteiger partial charge in [0.1, 0.15) is 11.6 Å². The number of carbonyl (C=O) groups is 1. The van der Waals surface area contributed by atoms with Crippen LogP contribution in [-0.2, 0) is 23.4 Å². The average molecular weight is 407 g/mol. The molecule has 0 saturated heterocycles. The summed E-state index contributed by atoms with van der Waals surface area (Å²) in [5, 5.41) is 4.86. The van der Waals surface area contributed by atoms with Gasteiger partial charge in [0.05, 0.1) is 24.3 Å². The summed E-state index contributed by atoms with van der Waals surface area (Å²) >= 11 is 0. The lowest BCUT2D eigenvalue weighted by Crippen LogP contribution is -2.32. The molecule has 4 rings (SSSR count). The molecule has 1 aliphatic heterocycles. The molecule has 6 nitrogen and oxygen atoms in total. The van der Waals surface area contributed by atoms with Gasteiger partial charge in [-0.1, -0.05) is 26.0 Å². The summed E-state index contributed by atoms with van der Waals surface area (Å²) in [6.45, 7) is 11.8. The lowest BCUT2D eigenvalue weighted by molar-refractivity contribution is -0.134. The summed E-state index contributed by atoms with van der Waals surface area (Å²) in [5.74, 6) is 2.20. The molecular formula is C24H30N4O2. The van der Waals surface area contributed by atoms with Gasteiger partial charge in [-0.2, -0.15) is 5.10 Å². The Morgan fingerprint density at radius 1 is 1.10 bits per heavy atom. The molecule has 1 amide bonds. The van der Waals surface area contributed by atoms with E-state index in [0.29, 0.717) is 19.0 Å². The molecule has 0 fully saturated rings. The first kappa shape index (κ1) is 20.3. The Morgan fingerprint density at radius 3 is 2.37 bits per heavy atom. The number of nitrogens with zero attached hydrogens (tertiary/aromatic N) is 4. The number of aromatic nitrogens is 3. The number of benzene rings is 1. The van der Waals surface area contributed by atoms with Crippen LogP contribution in [0.2, 0.25) is 0 Å². The van der Waals surface area contributed by atoms with Gasteiger partial charge in [-0.05, 0) is 56.5 Å². The molecule has 158 valence electrons. The van der Waals surface area contributed by atoms with E-state index >= 15 is 0 Å². The first-order valence-electron chi connectivity index (χ1n) is 10.5. The number of fused-ring (bicyclic) bond motifs is 1. The fraction of sp³-hybridized carbons (Fsp3) is 0.417. The van der Waals surface area contributed by atoms with Gasteiger partial charge in [0.2, 0.25) is 0 Å². The van der Waals surface area contributed by atoms with Crippen molar-refractivity contribution in [3.05, 3.63) is 65.6 Å². The van der Waals surface area contributed by atoms with Crippen LogP contribution >= 0.6 is 0 Å². The van der Waals surface area contributed by atoms with Crippen molar-refractivity contribution in [1.82, 2.24) is 19.2 Å². The van der Waals surface area contributed by atoms with Crippen LogP contribution in [0.5, 0.6) is 5.75 Å². The maximum atomic E-state index is 12.8. The predicted octanol–water partition coefficient (Wildman–Crippen LogP) is 4.47. The zero-order valence-electron chi connectivity index (χ0n) is 18.4. The summed E-state index contributed by atoms with van der Waals surface area (Å²) < 4.78 is 9.89. The molecule has 0 unspecified atom stereocenters. The van der Waals surface area contributed by atoms with Crippen LogP contribution in [0.3, 0.4) is 0 Å². The highest BCUT2D eigenvalue weighted by Crippen LogP contribution is 2.32. The molecule has 1 aromatic carbocycles. The molecule has 30 heavy (non-hydrogen) atoms. The standard InChI is InChI=1S/C24H30N4O2/c1-17(2)18-8-10-19(11-9-18)30-16-22(29)27-14-20-21(15-27)25-28(24(3,4)5)23(20)26-12-6-7-13-26/h6-13,17H,14-16H2,1-5H3. The van der Waals surface area contributed by atoms with Gasteiger partial charge in [-0.15, -0.1) is 0 Å². The van der Waals surface area contributed by atoms with Gasteiger partial charge in [0.15, 0.2) is 6.61 Å². The van der Waals surface area contributed by atoms with E-state index in [4.69, 9.17) is 9.84 Å². The zero-order chi connectivity index (χ0) is 21.5. The molecule has 0 saturated carbocycles. The smallest absolute Gasteiger partial charge is 0.261 e. The van der Waals surface area contributed by atoms with Crippen LogP contribution in [-0.4, -0.2) is 31.8 Å². The number of amides is 1. The molecular weight excluding hydrogens is 376 g/mol. The first-order chi connectivity index (χ1) is 14.2. The van der Waals surface area contributed by atoms with Crippen molar-refractivity contribution in [3.8, 4) is 11.6 Å². The molecule has 3 heterocycles. The van der Waals surface area contributed by atoms with Crippen molar-refractivity contribution in [2.75, 3.05) is 6.61 Å². The molecule has 0 N–H and O–H groups in total. The maximum Gasteiger partial charge on any atom is 0.261 e. The summed E-state index contributed by atoms with van der Waals surface area (Å²) in [4.78, 5) is 14.6. The largest absolute Gasteiger partial charge is 0.484 e. The van der Waals surface area contributed by atoms with Crippen molar-refractivity contribution in [2.45, 2.75) is 59.2 Å². The molecule has 2 aromatic heterocycles. The van der Waals surface area contributed by atoms with Crippen molar-refractivity contribution in [2.24, 2.45) is 0 Å². The molecule has 6 heteroatoms. The molecule has 3 aromatic rings. The Balaban J connectivity index is 1.47. The zero-order valence-corrected chi connectivity index (χ0v) is 18.4. The Bertz CT molecular complexity index is 1020. The highest BCUT2D eigenvalue weighted by Gasteiger charge is 2.33. The summed E-state index contributed by atoms with van der Waals surface area (Å²) in [7, 11) is 0. The molecule has 0 spiro atoms. The van der Waals surface area contributed by atoms with Crippen molar-refractivity contribution >= 4 is 5.91 Å². The van der Waals surface area contributed by atoms with E-state index in [1.54, 1.807) is 0 Å². The number of rotatable bonds is 5. The molecule has 0 radical (unpaired) electrons. The Hall–Kier alpha value is -3.02. The summed E-state index contributed by atoms with van der Waals surface area (Å²) in [6.07, 6.45) is 4.04. The third-order valence-electron chi connectivity index (χ3n) is 5.48. The second-order valence-corrected chi connectivity index (χ2v) is 9.18. The Labute approximate surface area is 178 Å². The van der Waals surface area contributed by atoms with Gasteiger partial charge in [0.25, 0.3) is 5.91 Å². The number of hydrogen-bond acceptors (Lipinski definition) is 3. The number of ether oxygens (including phenoxy) is 1. The van der Waals surface area contributed by atoms with Crippen molar-refractivity contribution < 1.29 is 9.53 Å². The quantitative estimate of drug-likeness (QED) is 0.628. The van der Waals surface area contributed by atoms with Crippen LogP contribution in [0.1, 0.15) is 57.4 Å². The van der Waals surface area contributed by atoms with Crippen LogP contribution < -0.4 is 4.74 Å². The lowest BCUT2D eigenvalue weighted by Gasteiger charge is -2.24. The second-order valence-electron chi connectivity index (χ2n) is 9.18. The van der Waals surface area contributed by atoms with E-state index < -0.39 is 0 Å². The fourth-order valence-electron chi connectivity index (χ4n) is 3.77. The normalized spacial score (nSPS) is 13.7. The summed E-state index contributed by atoms with van der Waals surface area (Å²) in [5.41, 5.74) is 3.18. The Morgan fingerprint density at radius 2 is 1.77 bits per heavy atom. The minimum absolute atomic E-state index is 0.0262. The van der Waals surface area contributed by atoms with Crippen molar-refractivity contribution in [3.63, 3.8) is 0 Å². The van der Waals surface area contributed by atoms with E-state index in [1.165, 1.54) is 5.56 Å². The van der Waals surface area contributed by atoms with Crippen LogP contribution in [0.15, 0.2) is 48.8 Å². The minimum Gasteiger partial charge on any atom is -0.484 e. The van der Waals surface area contributed by atoms with Gasteiger partial charge < -0.3 is 14.2 Å². The van der Waals surface area contributed by atoms with E-state index in [0.717, 1.165) is 22.8 Å². The van der Waals surface area contributed by atoms with Gasteiger partial charge in [0, 0.05) is 18.0 Å². The molecule has 0 aliphatic carbocycles. The van der Waals surface area contributed by atoms with E-state index in [2.05, 4.69) is 56.0 Å². The highest BCUT2D eigenvalue weighted by atomic mass is 16.5. The van der Waals surface area contributed by atoms with Crippen molar-refractivity contribution in [1.29, 1.82) is 0 Å². The predicted molar refractivity (Wildman–Crippen MR) is 117 cm³/mol. The Kier molecular flexibility index (Phi) is 5.18. The number of carbonyl (C=O) groups excluding carboxylic acids is 1. The van der Waals surface area contributed by atoms with Crippen LogP contribution in [0, 0.1) is 0 Å². The average Bonchev–Trinajstić information content (AvgIpc) is 3.41. The first-order valence-corrected chi connectivity index (χ1v) is 10.5. The van der Waals surface area contributed by atoms with E-state index in [1.807, 2.05) is 41.6 Å². The number of hydrogen-bond donors (Lipinski definition) is 0. The van der Waals surface area contributed by atoms with Gasteiger partial charge in [-0.3, -0.25) is 4.79 Å². The lowest BCUT2D eigenvalue weighted by atomic mass is 10.0. The topological polar surface area (TPSA) is 52.3 Å². The third kappa shape index (κ3) is 3.86. The SMILES string of the molecule is CC(C)c1ccc(OCC(=O)N2Cc3nn(C(C)(C)C)c(-n4cccc4)c3C2)cc1. The second kappa shape index (κ2) is 7.67. The monoisotopic (exact) mass is 406 g/mol. The van der Waals surface area contributed by atoms with Gasteiger partial charge >= 0.3 is 0 Å². The van der Waals surface area contributed by atoms with Gasteiger partial charge in [-0.25, -0.2) is 4.68 Å². The van der Waals surface area contributed by atoms with Crippen LogP contribution in [0.4, 0.5) is 0 Å². The molecule has 0 bridgehead atoms. The third-order valence-corrected chi connectivity index (χ3v) is 5.48. The summed E-state index contributed by atoms with van der Waals surface area (Å²) in [6, 6.07) is 12.0. The fourth-order valence-corrected chi connectivity index (χ4v) is 3.77. The van der Waals surface area contributed by atoms with E-state index in [-0.39, 0.29) is 18.1 Å². The minimum atomic E-state index is -0.149.